The van der Waals surface area contributed by atoms with Gasteiger partial charge in [0.1, 0.15) is 11.5 Å². The first-order chi connectivity index (χ1) is 20.7. The van der Waals surface area contributed by atoms with Crippen molar-refractivity contribution in [3.8, 4) is 28.6 Å². The molecule has 0 atom stereocenters. The van der Waals surface area contributed by atoms with E-state index in [-0.39, 0.29) is 12.5 Å². The molecule has 1 aromatic heterocycles. The number of amides is 1. The number of aromatic nitrogens is 3. The highest BCUT2D eigenvalue weighted by Gasteiger charge is 2.30. The molecule has 0 aliphatic rings. The van der Waals surface area contributed by atoms with Crippen LogP contribution in [0.15, 0.2) is 102 Å². The molecule has 0 spiro atoms. The van der Waals surface area contributed by atoms with Gasteiger partial charge in [0.15, 0.2) is 11.0 Å². The van der Waals surface area contributed by atoms with Crippen LogP contribution in [-0.4, -0.2) is 34.9 Å². The van der Waals surface area contributed by atoms with Crippen LogP contribution in [0.2, 0.25) is 0 Å². The van der Waals surface area contributed by atoms with Crippen molar-refractivity contribution >= 4 is 17.7 Å². The van der Waals surface area contributed by atoms with Crippen molar-refractivity contribution in [1.82, 2.24) is 20.1 Å². The monoisotopic (exact) mass is 604 g/mol. The Hall–Kier alpha value is -4.77. The number of benzene rings is 4. The lowest BCUT2D eigenvalue weighted by Crippen LogP contribution is -2.23. The zero-order valence-corrected chi connectivity index (χ0v) is 24.1. The van der Waals surface area contributed by atoms with E-state index in [1.807, 2.05) is 65.2 Å². The molecular weight excluding hydrogens is 577 g/mol. The van der Waals surface area contributed by atoms with E-state index < -0.39 is 11.7 Å². The third-order valence-electron chi connectivity index (χ3n) is 6.58. The molecule has 0 aliphatic carbocycles. The lowest BCUT2D eigenvalue weighted by Gasteiger charge is -2.12. The van der Waals surface area contributed by atoms with E-state index in [2.05, 4.69) is 15.5 Å². The Morgan fingerprint density at radius 3 is 2.26 bits per heavy atom. The molecule has 5 rings (SSSR count). The number of carbonyl (C=O) groups is 1. The first-order valence-electron chi connectivity index (χ1n) is 13.2. The number of rotatable bonds is 10. The van der Waals surface area contributed by atoms with Crippen LogP contribution < -0.4 is 14.8 Å². The van der Waals surface area contributed by atoms with Crippen LogP contribution in [0.4, 0.5) is 13.2 Å². The van der Waals surface area contributed by atoms with Crippen LogP contribution in [0.3, 0.4) is 0 Å². The number of nitrogens with one attached hydrogen (secondary N) is 1. The summed E-state index contributed by atoms with van der Waals surface area (Å²) in [6.07, 6.45) is -4.44. The van der Waals surface area contributed by atoms with E-state index in [9.17, 15) is 18.0 Å². The third kappa shape index (κ3) is 7.18. The number of halogens is 3. The molecule has 5 aromatic rings. The van der Waals surface area contributed by atoms with Gasteiger partial charge in [-0.25, -0.2) is 0 Å². The molecule has 1 heterocycles. The second kappa shape index (κ2) is 13.0. The first-order valence-corrected chi connectivity index (χ1v) is 14.1. The lowest BCUT2D eigenvalue weighted by atomic mass is 10.1. The van der Waals surface area contributed by atoms with Crippen LogP contribution in [0.1, 0.15) is 27.0 Å². The average Bonchev–Trinajstić information content (AvgIpc) is 3.46. The van der Waals surface area contributed by atoms with Gasteiger partial charge < -0.3 is 14.8 Å². The molecule has 220 valence electrons. The molecule has 1 amide bonds. The zero-order valence-electron chi connectivity index (χ0n) is 23.3. The maximum Gasteiger partial charge on any atom is 0.416 e. The first kappa shape index (κ1) is 29.7. The van der Waals surface area contributed by atoms with Crippen molar-refractivity contribution in [2.24, 2.45) is 0 Å². The van der Waals surface area contributed by atoms with Crippen LogP contribution in [0.5, 0.6) is 11.5 Å². The van der Waals surface area contributed by atoms with Gasteiger partial charge >= 0.3 is 6.18 Å². The standard InChI is InChI=1S/C32H27F3N4O3S/c1-41-27-15-13-26(14-16-27)39-29(24-6-4-8-28(18-24)42-2)37-38-31(39)43-20-21-9-11-23(12-10-21)30(40)36-19-22-5-3-7-25(17-22)32(33,34)35/h3-18H,19-20H2,1-2H3,(H,36,40). The van der Waals surface area contributed by atoms with E-state index in [1.54, 1.807) is 32.4 Å². The maximum atomic E-state index is 13.0. The molecule has 4 aromatic carbocycles. The maximum absolute atomic E-state index is 13.0. The Balaban J connectivity index is 1.29. The Labute approximate surface area is 250 Å². The Kier molecular flexibility index (Phi) is 9.01. The summed E-state index contributed by atoms with van der Waals surface area (Å²) in [7, 11) is 3.22. The topological polar surface area (TPSA) is 78.3 Å². The van der Waals surface area contributed by atoms with Crippen LogP contribution in [0.25, 0.3) is 17.1 Å². The summed E-state index contributed by atoms with van der Waals surface area (Å²) in [4.78, 5) is 12.6. The molecule has 0 unspecified atom stereocenters. The summed E-state index contributed by atoms with van der Waals surface area (Å²) >= 11 is 1.49. The molecular formula is C32H27F3N4O3S. The molecule has 0 bridgehead atoms. The number of carbonyl (C=O) groups excluding carboxylic acids is 1. The SMILES string of the molecule is COc1ccc(-n2c(SCc3ccc(C(=O)NCc4cccc(C(F)(F)F)c4)cc3)nnc2-c2cccc(OC)c2)cc1. The summed E-state index contributed by atoms with van der Waals surface area (Å²) in [6.45, 7) is -0.0169. The van der Waals surface area contributed by atoms with Crippen molar-refractivity contribution in [2.75, 3.05) is 14.2 Å². The molecule has 0 fully saturated rings. The molecule has 11 heteroatoms. The van der Waals surface area contributed by atoms with Crippen molar-refractivity contribution in [1.29, 1.82) is 0 Å². The van der Waals surface area contributed by atoms with E-state index in [0.29, 0.717) is 33.6 Å². The van der Waals surface area contributed by atoms with Gasteiger partial charge in [0.25, 0.3) is 5.91 Å². The number of alkyl halides is 3. The number of methoxy groups -OCH3 is 2. The fourth-order valence-electron chi connectivity index (χ4n) is 4.32. The second-order valence-corrected chi connectivity index (χ2v) is 10.4. The Morgan fingerprint density at radius 2 is 1.56 bits per heavy atom. The molecule has 0 saturated carbocycles. The molecule has 0 radical (unpaired) electrons. The summed E-state index contributed by atoms with van der Waals surface area (Å²) in [6, 6.07) is 27.2. The highest BCUT2D eigenvalue weighted by Crippen LogP contribution is 2.32. The van der Waals surface area contributed by atoms with Gasteiger partial charge in [0.05, 0.1) is 19.8 Å². The van der Waals surface area contributed by atoms with E-state index in [1.165, 1.54) is 17.8 Å². The molecule has 0 aliphatic heterocycles. The molecule has 0 saturated heterocycles. The van der Waals surface area contributed by atoms with Gasteiger partial charge in [-0.05, 0) is 71.8 Å². The van der Waals surface area contributed by atoms with Crippen molar-refractivity contribution < 1.29 is 27.4 Å². The summed E-state index contributed by atoms with van der Waals surface area (Å²) in [5, 5.41) is 12.3. The summed E-state index contributed by atoms with van der Waals surface area (Å²) < 4.78 is 51.6. The van der Waals surface area contributed by atoms with E-state index in [0.717, 1.165) is 34.7 Å². The minimum atomic E-state index is -4.44. The molecule has 1 N–H and O–H groups in total. The average molecular weight is 605 g/mol. The number of nitrogens with zero attached hydrogens (tertiary/aromatic N) is 3. The number of hydrogen-bond donors (Lipinski definition) is 1. The normalized spacial score (nSPS) is 11.3. The quantitative estimate of drug-likeness (QED) is 0.170. The van der Waals surface area contributed by atoms with Gasteiger partial charge in [-0.15, -0.1) is 10.2 Å². The highest BCUT2D eigenvalue weighted by atomic mass is 32.2. The fraction of sp³-hybridized carbons (Fsp3) is 0.156. The van der Waals surface area contributed by atoms with Crippen LogP contribution in [-0.2, 0) is 18.5 Å². The van der Waals surface area contributed by atoms with Gasteiger partial charge in [0.2, 0.25) is 0 Å². The van der Waals surface area contributed by atoms with E-state index >= 15 is 0 Å². The Morgan fingerprint density at radius 1 is 0.837 bits per heavy atom. The van der Waals surface area contributed by atoms with Crippen LogP contribution in [0, 0.1) is 0 Å². The van der Waals surface area contributed by atoms with Crippen LogP contribution >= 0.6 is 11.8 Å². The number of hydrogen-bond acceptors (Lipinski definition) is 6. The Bertz CT molecular complexity index is 1700. The minimum absolute atomic E-state index is 0.0169. The van der Waals surface area contributed by atoms with Crippen molar-refractivity contribution in [2.45, 2.75) is 23.6 Å². The van der Waals surface area contributed by atoms with Crippen molar-refractivity contribution in [3.63, 3.8) is 0 Å². The summed E-state index contributed by atoms with van der Waals surface area (Å²) in [5.74, 6) is 2.26. The molecule has 43 heavy (non-hydrogen) atoms. The predicted molar refractivity (Wildman–Crippen MR) is 159 cm³/mol. The largest absolute Gasteiger partial charge is 0.497 e. The van der Waals surface area contributed by atoms with E-state index in [4.69, 9.17) is 9.47 Å². The van der Waals surface area contributed by atoms with Gasteiger partial charge in [0, 0.05) is 29.1 Å². The number of ether oxygens (including phenoxy) is 2. The minimum Gasteiger partial charge on any atom is -0.497 e. The lowest BCUT2D eigenvalue weighted by molar-refractivity contribution is -0.137. The van der Waals surface area contributed by atoms with Crippen molar-refractivity contribution in [3.05, 3.63) is 119 Å². The number of thioether (sulfide) groups is 1. The predicted octanol–water partition coefficient (Wildman–Crippen LogP) is 7.19. The van der Waals surface area contributed by atoms with Gasteiger partial charge in [-0.3, -0.25) is 9.36 Å². The second-order valence-electron chi connectivity index (χ2n) is 9.44. The summed E-state index contributed by atoms with van der Waals surface area (Å²) in [5.41, 5.74) is 2.67. The third-order valence-corrected chi connectivity index (χ3v) is 7.58. The zero-order chi connectivity index (χ0) is 30.4. The molecule has 7 nitrogen and oxygen atoms in total. The fourth-order valence-corrected chi connectivity index (χ4v) is 5.23. The highest BCUT2D eigenvalue weighted by molar-refractivity contribution is 7.98. The van der Waals surface area contributed by atoms with Gasteiger partial charge in [-0.1, -0.05) is 48.2 Å². The van der Waals surface area contributed by atoms with Gasteiger partial charge in [-0.2, -0.15) is 13.2 Å². The smallest absolute Gasteiger partial charge is 0.416 e.